The van der Waals surface area contributed by atoms with Gasteiger partial charge in [0.25, 0.3) is 0 Å². The van der Waals surface area contributed by atoms with E-state index >= 15 is 0 Å². The molecule has 0 N–H and O–H groups in total. The van der Waals surface area contributed by atoms with E-state index in [2.05, 4.69) is 27.8 Å². The summed E-state index contributed by atoms with van der Waals surface area (Å²) < 4.78 is 1.75. The molecule has 0 aliphatic carbocycles. The smallest absolute Gasteiger partial charge is 0.296 e. The highest BCUT2D eigenvalue weighted by Gasteiger charge is 2.09. The van der Waals surface area contributed by atoms with Crippen LogP contribution in [0.15, 0.2) is 10.9 Å². The fourth-order valence-corrected chi connectivity index (χ4v) is 2.20. The minimum atomic E-state index is -0.132. The van der Waals surface area contributed by atoms with Crippen LogP contribution in [-0.4, -0.2) is 14.9 Å². The van der Waals surface area contributed by atoms with Gasteiger partial charge in [0.05, 0.1) is 0 Å². The lowest BCUT2D eigenvalue weighted by atomic mass is 10.1. The summed E-state index contributed by atoms with van der Waals surface area (Å²) >= 11 is 3.46. The highest BCUT2D eigenvalue weighted by molar-refractivity contribution is 9.09. The van der Waals surface area contributed by atoms with Crippen molar-refractivity contribution in [3.8, 4) is 0 Å². The summed E-state index contributed by atoms with van der Waals surface area (Å²) in [6.07, 6.45) is 1.06. The fraction of sp³-hybridized carbons (Fsp3) is 0.636. The van der Waals surface area contributed by atoms with E-state index in [9.17, 15) is 4.79 Å². The SMILES string of the molecule is CCC(CBr)Cn1c(C)cc(C)nc1=O. The van der Waals surface area contributed by atoms with Gasteiger partial charge in [-0.05, 0) is 25.8 Å². The van der Waals surface area contributed by atoms with Crippen LogP contribution in [-0.2, 0) is 6.54 Å². The normalized spacial score (nSPS) is 12.8. The number of alkyl halides is 1. The molecule has 1 heterocycles. The van der Waals surface area contributed by atoms with Gasteiger partial charge in [0.15, 0.2) is 0 Å². The van der Waals surface area contributed by atoms with Crippen LogP contribution < -0.4 is 5.69 Å². The van der Waals surface area contributed by atoms with Crippen LogP contribution in [0.2, 0.25) is 0 Å². The Morgan fingerprint density at radius 3 is 2.67 bits per heavy atom. The summed E-state index contributed by atoms with van der Waals surface area (Å²) in [6.45, 7) is 6.69. The predicted molar refractivity (Wildman–Crippen MR) is 65.5 cm³/mol. The van der Waals surface area contributed by atoms with Crippen LogP contribution in [0.1, 0.15) is 24.7 Å². The molecule has 1 unspecified atom stereocenters. The zero-order chi connectivity index (χ0) is 11.4. The molecule has 0 aromatic carbocycles. The fourth-order valence-electron chi connectivity index (χ4n) is 1.54. The van der Waals surface area contributed by atoms with Gasteiger partial charge in [0.2, 0.25) is 0 Å². The zero-order valence-corrected chi connectivity index (χ0v) is 11.0. The third-order valence-corrected chi connectivity index (χ3v) is 3.50. The Balaban J connectivity index is 2.99. The highest BCUT2D eigenvalue weighted by Crippen LogP contribution is 2.10. The largest absolute Gasteiger partial charge is 0.347 e. The summed E-state index contributed by atoms with van der Waals surface area (Å²) in [7, 11) is 0. The number of halogens is 1. The van der Waals surface area contributed by atoms with Crippen LogP contribution in [0.5, 0.6) is 0 Å². The topological polar surface area (TPSA) is 34.9 Å². The lowest BCUT2D eigenvalue weighted by molar-refractivity contribution is 0.456. The molecule has 15 heavy (non-hydrogen) atoms. The molecule has 0 bridgehead atoms. The minimum absolute atomic E-state index is 0.132. The summed E-state index contributed by atoms with van der Waals surface area (Å²) in [5.41, 5.74) is 1.65. The molecular weight excluding hydrogens is 256 g/mol. The molecular formula is C11H17BrN2O. The molecule has 0 aliphatic heterocycles. The van der Waals surface area contributed by atoms with Gasteiger partial charge in [0.1, 0.15) is 0 Å². The first-order chi connectivity index (χ1) is 7.08. The van der Waals surface area contributed by atoms with Crippen LogP contribution >= 0.6 is 15.9 Å². The van der Waals surface area contributed by atoms with Gasteiger partial charge in [0, 0.05) is 23.3 Å². The maximum atomic E-state index is 11.7. The third kappa shape index (κ3) is 3.16. The Morgan fingerprint density at radius 1 is 1.53 bits per heavy atom. The summed E-state index contributed by atoms with van der Waals surface area (Å²) in [5, 5.41) is 0.920. The second-order valence-corrected chi connectivity index (χ2v) is 4.51. The second-order valence-electron chi connectivity index (χ2n) is 3.86. The van der Waals surface area contributed by atoms with Crippen molar-refractivity contribution in [2.24, 2.45) is 5.92 Å². The molecule has 0 radical (unpaired) electrons. The molecule has 1 rings (SSSR count). The van der Waals surface area contributed by atoms with Crippen molar-refractivity contribution in [1.29, 1.82) is 0 Å². The monoisotopic (exact) mass is 272 g/mol. The molecule has 0 spiro atoms. The van der Waals surface area contributed by atoms with Crippen molar-refractivity contribution >= 4 is 15.9 Å². The maximum Gasteiger partial charge on any atom is 0.347 e. The summed E-state index contributed by atoms with van der Waals surface area (Å²) in [5.74, 6) is 0.492. The van der Waals surface area contributed by atoms with Gasteiger partial charge >= 0.3 is 5.69 Å². The molecule has 3 nitrogen and oxygen atoms in total. The first kappa shape index (κ1) is 12.4. The van der Waals surface area contributed by atoms with E-state index < -0.39 is 0 Å². The first-order valence-corrected chi connectivity index (χ1v) is 6.31. The number of hydrogen-bond donors (Lipinski definition) is 0. The first-order valence-electron chi connectivity index (χ1n) is 5.19. The zero-order valence-electron chi connectivity index (χ0n) is 9.46. The van der Waals surface area contributed by atoms with E-state index in [0.29, 0.717) is 5.92 Å². The van der Waals surface area contributed by atoms with Crippen molar-refractivity contribution < 1.29 is 0 Å². The van der Waals surface area contributed by atoms with Gasteiger partial charge in [-0.25, -0.2) is 4.79 Å². The molecule has 84 valence electrons. The lowest BCUT2D eigenvalue weighted by Crippen LogP contribution is -2.29. The molecule has 0 saturated carbocycles. The number of nitrogens with zero attached hydrogens (tertiary/aromatic N) is 2. The number of aryl methyl sites for hydroxylation is 2. The Hall–Kier alpha value is -0.640. The third-order valence-electron chi connectivity index (χ3n) is 2.58. The molecule has 1 atom stereocenters. The van der Waals surface area contributed by atoms with Gasteiger partial charge < -0.3 is 0 Å². The van der Waals surface area contributed by atoms with E-state index in [0.717, 1.165) is 29.7 Å². The molecule has 0 saturated heterocycles. The van der Waals surface area contributed by atoms with Gasteiger partial charge in [-0.3, -0.25) is 4.57 Å². The predicted octanol–water partition coefficient (Wildman–Crippen LogP) is 2.28. The molecule has 0 fully saturated rings. The Bertz CT molecular complexity index is 383. The van der Waals surface area contributed by atoms with E-state index in [1.54, 1.807) is 4.57 Å². The molecule has 1 aromatic rings. The van der Waals surface area contributed by atoms with Crippen LogP contribution in [0.25, 0.3) is 0 Å². The molecule has 1 aromatic heterocycles. The molecule has 0 aliphatic rings. The Morgan fingerprint density at radius 2 is 2.20 bits per heavy atom. The molecule has 0 amide bonds. The van der Waals surface area contributed by atoms with Crippen molar-refractivity contribution in [3.05, 3.63) is 27.9 Å². The van der Waals surface area contributed by atoms with Crippen LogP contribution in [0, 0.1) is 19.8 Å². The summed E-state index contributed by atoms with van der Waals surface area (Å²) in [4.78, 5) is 15.6. The number of aromatic nitrogens is 2. The van der Waals surface area contributed by atoms with E-state index in [1.807, 2.05) is 19.9 Å². The number of hydrogen-bond acceptors (Lipinski definition) is 2. The van der Waals surface area contributed by atoms with Crippen molar-refractivity contribution in [3.63, 3.8) is 0 Å². The van der Waals surface area contributed by atoms with Gasteiger partial charge in [-0.15, -0.1) is 0 Å². The number of rotatable bonds is 4. The van der Waals surface area contributed by atoms with Crippen molar-refractivity contribution in [2.75, 3.05) is 5.33 Å². The van der Waals surface area contributed by atoms with Crippen LogP contribution in [0.3, 0.4) is 0 Å². The second kappa shape index (κ2) is 5.45. The van der Waals surface area contributed by atoms with E-state index in [4.69, 9.17) is 0 Å². The van der Waals surface area contributed by atoms with Crippen molar-refractivity contribution in [2.45, 2.75) is 33.7 Å². The van der Waals surface area contributed by atoms with Crippen LogP contribution in [0.4, 0.5) is 0 Å². The minimum Gasteiger partial charge on any atom is -0.296 e. The molecule has 4 heteroatoms. The average molecular weight is 273 g/mol. The van der Waals surface area contributed by atoms with E-state index in [-0.39, 0.29) is 5.69 Å². The summed E-state index contributed by atoms with van der Waals surface area (Å²) in [6, 6.07) is 1.95. The maximum absolute atomic E-state index is 11.7. The quantitative estimate of drug-likeness (QED) is 0.789. The van der Waals surface area contributed by atoms with Gasteiger partial charge in [-0.2, -0.15) is 4.98 Å². The van der Waals surface area contributed by atoms with E-state index in [1.165, 1.54) is 0 Å². The Kier molecular flexibility index (Phi) is 4.51. The van der Waals surface area contributed by atoms with Gasteiger partial charge in [-0.1, -0.05) is 29.3 Å². The highest BCUT2D eigenvalue weighted by atomic mass is 79.9. The standard InChI is InChI=1S/C11H17BrN2O/c1-4-10(6-12)7-14-9(3)5-8(2)13-11(14)15/h5,10H,4,6-7H2,1-3H3. The average Bonchev–Trinajstić information content (AvgIpc) is 2.17. The van der Waals surface area contributed by atoms with Crippen molar-refractivity contribution in [1.82, 2.24) is 9.55 Å². The Labute approximate surface area is 98.7 Å². The lowest BCUT2D eigenvalue weighted by Gasteiger charge is -2.15.